The SMILES string of the molecule is CCC1(C(=O)O)CC(=Cc2cc(Cl)ccc2Br)C1. The molecule has 0 spiro atoms. The van der Waals surface area contributed by atoms with Crippen LogP contribution in [-0.2, 0) is 4.79 Å². The number of halogens is 2. The summed E-state index contributed by atoms with van der Waals surface area (Å²) in [6, 6.07) is 5.60. The Morgan fingerprint density at radius 2 is 2.22 bits per heavy atom. The Morgan fingerprint density at radius 1 is 1.56 bits per heavy atom. The number of rotatable bonds is 3. The number of benzene rings is 1. The largest absolute Gasteiger partial charge is 0.481 e. The fourth-order valence-corrected chi connectivity index (χ4v) is 2.86. The summed E-state index contributed by atoms with van der Waals surface area (Å²) < 4.78 is 0.976. The van der Waals surface area contributed by atoms with E-state index in [2.05, 4.69) is 15.9 Å². The van der Waals surface area contributed by atoms with Crippen molar-refractivity contribution >= 4 is 39.6 Å². The number of hydrogen-bond acceptors (Lipinski definition) is 1. The highest BCUT2D eigenvalue weighted by Crippen LogP contribution is 2.49. The molecule has 0 heterocycles. The van der Waals surface area contributed by atoms with Crippen LogP contribution < -0.4 is 0 Å². The van der Waals surface area contributed by atoms with Gasteiger partial charge in [0.2, 0.25) is 0 Å². The summed E-state index contributed by atoms with van der Waals surface area (Å²) in [4.78, 5) is 11.2. The van der Waals surface area contributed by atoms with Gasteiger partial charge in [-0.1, -0.05) is 46.1 Å². The summed E-state index contributed by atoms with van der Waals surface area (Å²) in [5.74, 6) is -0.688. The predicted octanol–water partition coefficient (Wildman–Crippen LogP) is 4.76. The van der Waals surface area contributed by atoms with E-state index in [4.69, 9.17) is 11.6 Å². The zero-order chi connectivity index (χ0) is 13.3. The van der Waals surface area contributed by atoms with Crippen LogP contribution in [-0.4, -0.2) is 11.1 Å². The van der Waals surface area contributed by atoms with Crippen molar-refractivity contribution in [2.45, 2.75) is 26.2 Å². The summed E-state index contributed by atoms with van der Waals surface area (Å²) in [7, 11) is 0. The molecular weight excluding hydrogens is 316 g/mol. The summed E-state index contributed by atoms with van der Waals surface area (Å²) in [6.07, 6.45) is 3.98. The van der Waals surface area contributed by atoms with Crippen LogP contribution in [0.3, 0.4) is 0 Å². The van der Waals surface area contributed by atoms with E-state index in [-0.39, 0.29) is 0 Å². The van der Waals surface area contributed by atoms with E-state index < -0.39 is 11.4 Å². The van der Waals surface area contributed by atoms with Crippen molar-refractivity contribution < 1.29 is 9.90 Å². The molecule has 0 unspecified atom stereocenters. The summed E-state index contributed by atoms with van der Waals surface area (Å²) >= 11 is 9.42. The second-order valence-electron chi connectivity index (χ2n) is 4.76. The molecule has 0 atom stereocenters. The molecule has 0 bridgehead atoms. The Hall–Kier alpha value is -0.800. The highest BCUT2D eigenvalue weighted by atomic mass is 79.9. The maximum Gasteiger partial charge on any atom is 0.310 e. The molecule has 18 heavy (non-hydrogen) atoms. The Kier molecular flexibility index (Phi) is 3.83. The number of hydrogen-bond donors (Lipinski definition) is 1. The minimum atomic E-state index is -0.688. The molecule has 1 aliphatic carbocycles. The zero-order valence-electron chi connectivity index (χ0n) is 10.0. The van der Waals surface area contributed by atoms with Crippen LogP contribution in [0.4, 0.5) is 0 Å². The Labute approximate surface area is 120 Å². The lowest BCUT2D eigenvalue weighted by Crippen LogP contribution is -2.38. The monoisotopic (exact) mass is 328 g/mol. The molecule has 1 saturated carbocycles. The summed E-state index contributed by atoms with van der Waals surface area (Å²) in [5.41, 5.74) is 1.63. The molecule has 0 aromatic heterocycles. The number of allylic oxidation sites excluding steroid dienone is 1. The molecule has 4 heteroatoms. The van der Waals surface area contributed by atoms with Gasteiger partial charge >= 0.3 is 5.97 Å². The van der Waals surface area contributed by atoms with Crippen molar-refractivity contribution in [1.29, 1.82) is 0 Å². The lowest BCUT2D eigenvalue weighted by atomic mass is 9.63. The number of aliphatic carboxylic acids is 1. The molecule has 2 nitrogen and oxygen atoms in total. The Balaban J connectivity index is 2.19. The van der Waals surface area contributed by atoms with Crippen molar-refractivity contribution in [3.63, 3.8) is 0 Å². The van der Waals surface area contributed by atoms with Gasteiger partial charge in [-0.05, 0) is 43.0 Å². The van der Waals surface area contributed by atoms with Gasteiger partial charge in [0.1, 0.15) is 0 Å². The Morgan fingerprint density at radius 3 is 2.78 bits per heavy atom. The molecule has 0 amide bonds. The number of carbonyl (C=O) groups is 1. The van der Waals surface area contributed by atoms with Gasteiger partial charge in [0, 0.05) is 9.50 Å². The average Bonchev–Trinajstić information content (AvgIpc) is 2.27. The van der Waals surface area contributed by atoms with E-state index in [0.717, 1.165) is 10.0 Å². The molecule has 96 valence electrons. The van der Waals surface area contributed by atoms with Crippen LogP contribution in [0, 0.1) is 5.41 Å². The van der Waals surface area contributed by atoms with E-state index >= 15 is 0 Å². The first-order valence-electron chi connectivity index (χ1n) is 5.85. The van der Waals surface area contributed by atoms with Gasteiger partial charge in [0.25, 0.3) is 0 Å². The minimum Gasteiger partial charge on any atom is -0.481 e. The molecule has 0 radical (unpaired) electrons. The van der Waals surface area contributed by atoms with Gasteiger partial charge in [0.15, 0.2) is 0 Å². The maximum atomic E-state index is 11.2. The average molecular weight is 330 g/mol. The van der Waals surface area contributed by atoms with Crippen molar-refractivity contribution in [2.75, 3.05) is 0 Å². The third-order valence-electron chi connectivity index (χ3n) is 3.58. The molecule has 1 aliphatic rings. The van der Waals surface area contributed by atoms with Crippen molar-refractivity contribution in [3.8, 4) is 0 Å². The topological polar surface area (TPSA) is 37.3 Å². The highest BCUT2D eigenvalue weighted by molar-refractivity contribution is 9.10. The maximum absolute atomic E-state index is 11.2. The molecular formula is C14H14BrClO2. The molecule has 0 saturated heterocycles. The lowest BCUT2D eigenvalue weighted by molar-refractivity contribution is -0.151. The van der Waals surface area contributed by atoms with Crippen LogP contribution in [0.1, 0.15) is 31.7 Å². The zero-order valence-corrected chi connectivity index (χ0v) is 12.4. The van der Waals surface area contributed by atoms with Crippen LogP contribution in [0.2, 0.25) is 5.02 Å². The smallest absolute Gasteiger partial charge is 0.310 e. The van der Waals surface area contributed by atoms with E-state index in [1.54, 1.807) is 0 Å². The molecule has 1 fully saturated rings. The fourth-order valence-electron chi connectivity index (χ4n) is 2.32. The first-order valence-corrected chi connectivity index (χ1v) is 7.02. The summed E-state index contributed by atoms with van der Waals surface area (Å²) in [5, 5.41) is 9.89. The number of carboxylic acids is 1. The van der Waals surface area contributed by atoms with Gasteiger partial charge in [-0.25, -0.2) is 0 Å². The van der Waals surface area contributed by atoms with E-state index in [1.165, 1.54) is 5.57 Å². The molecule has 1 aromatic carbocycles. The first kappa shape index (κ1) is 13.6. The van der Waals surface area contributed by atoms with Crippen molar-refractivity contribution in [1.82, 2.24) is 0 Å². The van der Waals surface area contributed by atoms with Crippen molar-refractivity contribution in [2.24, 2.45) is 5.41 Å². The van der Waals surface area contributed by atoms with Crippen LogP contribution >= 0.6 is 27.5 Å². The van der Waals surface area contributed by atoms with Crippen LogP contribution in [0.5, 0.6) is 0 Å². The standard InChI is InChI=1S/C14H14BrClO2/c1-2-14(13(17)18)7-9(8-14)5-10-6-11(16)3-4-12(10)15/h3-6H,2,7-8H2,1H3,(H,17,18). The second kappa shape index (κ2) is 5.06. The minimum absolute atomic E-state index is 0.545. The van der Waals surface area contributed by atoms with Gasteiger partial charge in [-0.3, -0.25) is 4.79 Å². The van der Waals surface area contributed by atoms with Gasteiger partial charge in [-0.2, -0.15) is 0 Å². The molecule has 2 rings (SSSR count). The van der Waals surface area contributed by atoms with E-state index in [9.17, 15) is 9.90 Å². The van der Waals surface area contributed by atoms with Gasteiger partial charge < -0.3 is 5.11 Å². The molecule has 0 aliphatic heterocycles. The highest BCUT2D eigenvalue weighted by Gasteiger charge is 2.45. The fraction of sp³-hybridized carbons (Fsp3) is 0.357. The summed E-state index contributed by atoms with van der Waals surface area (Å²) in [6.45, 7) is 1.93. The third-order valence-corrected chi connectivity index (χ3v) is 4.54. The second-order valence-corrected chi connectivity index (χ2v) is 6.05. The van der Waals surface area contributed by atoms with E-state index in [1.807, 2.05) is 31.2 Å². The normalized spacial score (nSPS) is 22.5. The number of carboxylic acid groups (broad SMARTS) is 1. The third kappa shape index (κ3) is 2.47. The van der Waals surface area contributed by atoms with Crippen molar-refractivity contribution in [3.05, 3.63) is 38.8 Å². The predicted molar refractivity (Wildman–Crippen MR) is 76.7 cm³/mol. The van der Waals surface area contributed by atoms with E-state index in [0.29, 0.717) is 24.3 Å². The molecule has 1 aromatic rings. The van der Waals surface area contributed by atoms with Gasteiger partial charge in [0.05, 0.1) is 5.41 Å². The van der Waals surface area contributed by atoms with Gasteiger partial charge in [-0.15, -0.1) is 0 Å². The Bertz CT molecular complexity index is 515. The molecule has 1 N–H and O–H groups in total. The quantitative estimate of drug-likeness (QED) is 0.868. The lowest BCUT2D eigenvalue weighted by Gasteiger charge is -2.39. The van der Waals surface area contributed by atoms with Crippen LogP contribution in [0.15, 0.2) is 28.2 Å². The first-order chi connectivity index (χ1) is 8.47. The van der Waals surface area contributed by atoms with Crippen LogP contribution in [0.25, 0.3) is 6.08 Å².